The van der Waals surface area contributed by atoms with Gasteiger partial charge in [-0.15, -0.1) is 11.3 Å². The maximum atomic E-state index is 10.6. The monoisotopic (exact) mass is 627 g/mol. The third kappa shape index (κ3) is 5.19. The van der Waals surface area contributed by atoms with Crippen molar-refractivity contribution in [3.05, 3.63) is 145 Å². The van der Waals surface area contributed by atoms with Crippen molar-refractivity contribution in [1.82, 2.24) is 9.55 Å². The molecule has 0 radical (unpaired) electrons. The predicted octanol–water partition coefficient (Wildman–Crippen LogP) is 11.5. The Balaban J connectivity index is 1.30. The van der Waals surface area contributed by atoms with Gasteiger partial charge in [-0.2, -0.15) is 0 Å². The molecule has 0 fully saturated rings. The van der Waals surface area contributed by atoms with Crippen molar-refractivity contribution >= 4 is 55.3 Å². The maximum absolute atomic E-state index is 10.6. The van der Waals surface area contributed by atoms with Crippen LogP contribution in [0.2, 0.25) is 0 Å². The number of para-hydroxylation sites is 3. The fraction of sp³-hybridized carbons (Fsp3) is 0.0952. The number of aromatic hydroxyl groups is 1. The van der Waals surface area contributed by atoms with E-state index in [1.54, 1.807) is 23.6 Å². The first kappa shape index (κ1) is 28.9. The van der Waals surface area contributed by atoms with Gasteiger partial charge >= 0.3 is 0 Å². The van der Waals surface area contributed by atoms with Gasteiger partial charge in [0.2, 0.25) is 0 Å². The van der Waals surface area contributed by atoms with E-state index in [0.717, 1.165) is 48.9 Å². The number of aromatic nitrogens is 2. The highest BCUT2D eigenvalue weighted by Gasteiger charge is 2.19. The third-order valence-electron chi connectivity index (χ3n) is 8.77. The van der Waals surface area contributed by atoms with Crippen molar-refractivity contribution in [3.63, 3.8) is 0 Å². The number of thiazole rings is 1. The fourth-order valence-electron chi connectivity index (χ4n) is 6.33. The Kier molecular flexibility index (Phi) is 7.00. The number of rotatable bonds is 5. The molecule has 0 saturated carbocycles. The van der Waals surface area contributed by atoms with E-state index in [2.05, 4.69) is 116 Å². The Hall–Kier alpha value is -5.52. The zero-order valence-electron chi connectivity index (χ0n) is 26.5. The van der Waals surface area contributed by atoms with E-state index in [9.17, 15) is 5.11 Å². The summed E-state index contributed by atoms with van der Waals surface area (Å²) in [6, 6.07) is 46.1. The summed E-state index contributed by atoms with van der Waals surface area (Å²) in [4.78, 5) is 10.2. The molecule has 228 valence electrons. The normalized spacial score (nSPS) is 12.1. The molecule has 47 heavy (non-hydrogen) atoms. The van der Waals surface area contributed by atoms with Crippen molar-refractivity contribution in [1.29, 1.82) is 0 Å². The third-order valence-corrected chi connectivity index (χ3v) is 9.81. The Bertz CT molecular complexity index is 2410. The number of hydrogen-bond acceptors (Lipinski definition) is 4. The van der Waals surface area contributed by atoms with Gasteiger partial charge in [0.05, 0.1) is 26.9 Å². The van der Waals surface area contributed by atoms with E-state index in [-0.39, 0.29) is 11.2 Å². The number of phenolic OH excluding ortho intramolecular Hbond substituents is 1. The van der Waals surface area contributed by atoms with E-state index >= 15 is 0 Å². The smallest absolute Gasteiger partial charge is 0.126 e. The number of aliphatic imine (C=N–C) groups is 1. The first-order valence-corrected chi connectivity index (χ1v) is 16.6. The van der Waals surface area contributed by atoms with Gasteiger partial charge in [-0.3, -0.25) is 4.99 Å². The molecule has 6 aromatic carbocycles. The minimum atomic E-state index is -0.0380. The molecule has 8 rings (SSSR count). The molecule has 4 nitrogen and oxygen atoms in total. The molecule has 0 saturated heterocycles. The van der Waals surface area contributed by atoms with Crippen molar-refractivity contribution in [2.45, 2.75) is 26.2 Å². The van der Waals surface area contributed by atoms with E-state index in [1.807, 2.05) is 36.4 Å². The summed E-state index contributed by atoms with van der Waals surface area (Å²) in [5.41, 5.74) is 10.2. The summed E-state index contributed by atoms with van der Waals surface area (Å²) in [7, 11) is 0. The molecule has 0 spiro atoms. The van der Waals surface area contributed by atoms with Crippen LogP contribution in [0.25, 0.3) is 59.4 Å². The topological polar surface area (TPSA) is 50.4 Å². The van der Waals surface area contributed by atoms with Gasteiger partial charge in [0.1, 0.15) is 10.8 Å². The second kappa shape index (κ2) is 11.4. The lowest BCUT2D eigenvalue weighted by Crippen LogP contribution is -2.11. The van der Waals surface area contributed by atoms with Gasteiger partial charge in [-0.05, 0) is 65.1 Å². The number of nitrogens with zero attached hydrogens (tertiary/aromatic N) is 3. The molecule has 1 N–H and O–H groups in total. The maximum Gasteiger partial charge on any atom is 0.126 e. The van der Waals surface area contributed by atoms with Crippen molar-refractivity contribution in [2.24, 2.45) is 4.99 Å². The lowest BCUT2D eigenvalue weighted by Gasteiger charge is -2.19. The molecule has 0 atom stereocenters. The molecule has 2 aromatic heterocycles. The van der Waals surface area contributed by atoms with E-state index in [1.165, 1.54) is 21.8 Å². The number of hydrogen-bond donors (Lipinski definition) is 1. The van der Waals surface area contributed by atoms with Crippen LogP contribution in [0, 0.1) is 0 Å². The molecule has 8 aromatic rings. The molecule has 0 unspecified atom stereocenters. The van der Waals surface area contributed by atoms with Crippen LogP contribution in [0.1, 0.15) is 31.9 Å². The Morgan fingerprint density at radius 3 is 2.09 bits per heavy atom. The molecule has 0 aliphatic heterocycles. The van der Waals surface area contributed by atoms with E-state index < -0.39 is 0 Å². The molecule has 2 heterocycles. The van der Waals surface area contributed by atoms with Gasteiger partial charge in [-0.25, -0.2) is 4.98 Å². The summed E-state index contributed by atoms with van der Waals surface area (Å²) in [5.74, 6) is 0.212. The standard InChI is InChI=1S/C42H33N3OS/c1-42(2,3)29-21-22-38(46)28(23-29)26-43-35-18-10-7-17-33(35)41-44-40-34(27-13-5-4-6-14-27)24-30(25-39(40)47-41)45-36-19-11-8-15-31(36)32-16-9-12-20-37(32)45/h4-26,46H,1-3H3. The van der Waals surface area contributed by atoms with Crippen LogP contribution in [0.15, 0.2) is 138 Å². The van der Waals surface area contributed by atoms with Crippen LogP contribution in [0.5, 0.6) is 5.75 Å². The first-order chi connectivity index (χ1) is 22.8. The van der Waals surface area contributed by atoms with Crippen LogP contribution < -0.4 is 0 Å². The summed E-state index contributed by atoms with van der Waals surface area (Å²) in [5, 5.41) is 14.0. The predicted molar refractivity (Wildman–Crippen MR) is 199 cm³/mol. The zero-order valence-corrected chi connectivity index (χ0v) is 27.3. The second-order valence-corrected chi connectivity index (χ2v) is 13.9. The van der Waals surface area contributed by atoms with Crippen molar-refractivity contribution in [3.8, 4) is 33.1 Å². The number of fused-ring (bicyclic) bond motifs is 4. The summed E-state index contributed by atoms with van der Waals surface area (Å²) in [6.07, 6.45) is 1.76. The highest BCUT2D eigenvalue weighted by molar-refractivity contribution is 7.21. The van der Waals surface area contributed by atoms with Crippen LogP contribution in [-0.2, 0) is 5.41 Å². The minimum absolute atomic E-state index is 0.0380. The second-order valence-electron chi connectivity index (χ2n) is 12.9. The van der Waals surface area contributed by atoms with Gasteiger partial charge in [0.15, 0.2) is 0 Å². The SMILES string of the molecule is CC(C)(C)c1ccc(O)c(C=Nc2ccccc2-c2nc3c(-c4ccccc4)cc(-n4c5ccccc5c5ccccc54)cc3s2)c1. The van der Waals surface area contributed by atoms with Crippen LogP contribution in [0.4, 0.5) is 5.69 Å². The molecular formula is C42H33N3OS. The average Bonchev–Trinajstić information content (AvgIpc) is 3.67. The van der Waals surface area contributed by atoms with E-state index in [0.29, 0.717) is 5.56 Å². The molecule has 0 aliphatic rings. The molecule has 0 aliphatic carbocycles. The van der Waals surface area contributed by atoms with E-state index in [4.69, 9.17) is 9.98 Å². The number of benzene rings is 6. The molecule has 0 bridgehead atoms. The van der Waals surface area contributed by atoms with Gasteiger partial charge in [0, 0.05) is 39.4 Å². The lowest BCUT2D eigenvalue weighted by atomic mass is 9.86. The van der Waals surface area contributed by atoms with Gasteiger partial charge in [0.25, 0.3) is 0 Å². The molecule has 5 heteroatoms. The fourth-order valence-corrected chi connectivity index (χ4v) is 7.39. The van der Waals surface area contributed by atoms with Crippen LogP contribution in [-0.4, -0.2) is 20.9 Å². The quantitative estimate of drug-likeness (QED) is 0.193. The lowest BCUT2D eigenvalue weighted by molar-refractivity contribution is 0.473. The Morgan fingerprint density at radius 1 is 0.702 bits per heavy atom. The summed E-state index contributed by atoms with van der Waals surface area (Å²) < 4.78 is 3.47. The minimum Gasteiger partial charge on any atom is -0.507 e. The molecular weight excluding hydrogens is 595 g/mol. The largest absolute Gasteiger partial charge is 0.507 e. The van der Waals surface area contributed by atoms with Gasteiger partial charge < -0.3 is 9.67 Å². The van der Waals surface area contributed by atoms with Crippen molar-refractivity contribution < 1.29 is 5.11 Å². The summed E-state index contributed by atoms with van der Waals surface area (Å²) in [6.45, 7) is 6.50. The Morgan fingerprint density at radius 2 is 1.36 bits per heavy atom. The van der Waals surface area contributed by atoms with Crippen LogP contribution in [0.3, 0.4) is 0 Å². The zero-order chi connectivity index (χ0) is 32.1. The highest BCUT2D eigenvalue weighted by Crippen LogP contribution is 2.42. The van der Waals surface area contributed by atoms with Crippen molar-refractivity contribution in [2.75, 3.05) is 0 Å². The molecule has 0 amide bonds. The summed E-state index contributed by atoms with van der Waals surface area (Å²) >= 11 is 1.68. The average molecular weight is 628 g/mol. The van der Waals surface area contributed by atoms with Crippen LogP contribution >= 0.6 is 11.3 Å². The first-order valence-electron chi connectivity index (χ1n) is 15.8. The van der Waals surface area contributed by atoms with Gasteiger partial charge in [-0.1, -0.05) is 106 Å². The Labute approximate surface area is 277 Å². The number of phenols is 1. The highest BCUT2D eigenvalue weighted by atomic mass is 32.1.